The van der Waals surface area contributed by atoms with E-state index in [0.29, 0.717) is 6.04 Å². The zero-order valence-electron chi connectivity index (χ0n) is 11.7. The van der Waals surface area contributed by atoms with Gasteiger partial charge in [0, 0.05) is 24.1 Å². The van der Waals surface area contributed by atoms with Gasteiger partial charge in [0.25, 0.3) is 5.92 Å². The van der Waals surface area contributed by atoms with E-state index in [1.807, 2.05) is 0 Å². The zero-order valence-corrected chi connectivity index (χ0v) is 11.7. The molecule has 1 aromatic heterocycles. The largest absolute Gasteiger partial charge is 0.267 e. The summed E-state index contributed by atoms with van der Waals surface area (Å²) in [5.41, 5.74) is 3.13. The van der Waals surface area contributed by atoms with Crippen molar-refractivity contribution in [3.63, 3.8) is 0 Å². The molecule has 104 valence electrons. The number of nitrogens with zero attached hydrogens (tertiary/aromatic N) is 2. The summed E-state index contributed by atoms with van der Waals surface area (Å²) < 4.78 is 28.5. The van der Waals surface area contributed by atoms with Crippen LogP contribution in [0.1, 0.15) is 57.0 Å². The maximum absolute atomic E-state index is 13.2. The van der Waals surface area contributed by atoms with Gasteiger partial charge in [-0.25, -0.2) is 8.78 Å². The van der Waals surface area contributed by atoms with Crippen LogP contribution in [0, 0.1) is 5.92 Å². The third-order valence-electron chi connectivity index (χ3n) is 4.45. The Morgan fingerprint density at radius 3 is 2.74 bits per heavy atom. The van der Waals surface area contributed by atoms with E-state index in [1.54, 1.807) is 0 Å². The van der Waals surface area contributed by atoms with Crippen LogP contribution in [-0.2, 0) is 6.42 Å². The second kappa shape index (κ2) is 4.15. The summed E-state index contributed by atoms with van der Waals surface area (Å²) in [6.45, 7) is 6.34. The van der Waals surface area contributed by atoms with Crippen molar-refractivity contribution >= 4 is 0 Å². The number of aryl methyl sites for hydroxylation is 1. The Balaban J connectivity index is 1.93. The van der Waals surface area contributed by atoms with Crippen LogP contribution in [0.15, 0.2) is 17.7 Å². The maximum Gasteiger partial charge on any atom is 0.267 e. The Bertz CT molecular complexity index is 530. The number of rotatable bonds is 4. The second-order valence-electron chi connectivity index (χ2n) is 5.81. The molecular weight excluding hydrogens is 246 g/mol. The number of allylic oxidation sites excluding steroid dienone is 2. The molecule has 3 unspecified atom stereocenters. The summed E-state index contributed by atoms with van der Waals surface area (Å²) in [5, 5.41) is 4.63. The highest BCUT2D eigenvalue weighted by Crippen LogP contribution is 2.63. The van der Waals surface area contributed by atoms with Crippen molar-refractivity contribution in [1.82, 2.24) is 9.78 Å². The molecule has 0 N–H and O–H groups in total. The molecule has 1 aromatic rings. The molecule has 2 aliphatic rings. The molecule has 0 radical (unpaired) electrons. The van der Waals surface area contributed by atoms with Crippen LogP contribution in [0.2, 0.25) is 0 Å². The Labute approximate surface area is 112 Å². The molecule has 0 aromatic carbocycles. The average molecular weight is 266 g/mol. The SMILES string of the molecule is CCc1cc(C2C3=CC(F)(F)CC32)n(C(C)CC)n1. The molecule has 0 amide bonds. The van der Waals surface area contributed by atoms with Gasteiger partial charge >= 0.3 is 0 Å². The highest BCUT2D eigenvalue weighted by Gasteiger charge is 2.57. The molecule has 3 rings (SSSR count). The fraction of sp³-hybridized carbons (Fsp3) is 0.667. The topological polar surface area (TPSA) is 17.8 Å². The predicted octanol–water partition coefficient (Wildman–Crippen LogP) is 4.10. The van der Waals surface area contributed by atoms with Crippen molar-refractivity contribution in [1.29, 1.82) is 0 Å². The summed E-state index contributed by atoms with van der Waals surface area (Å²) in [5.74, 6) is -2.33. The Morgan fingerprint density at radius 1 is 1.47 bits per heavy atom. The smallest absolute Gasteiger partial charge is 0.266 e. The second-order valence-corrected chi connectivity index (χ2v) is 5.81. The first kappa shape index (κ1) is 12.8. The summed E-state index contributed by atoms with van der Waals surface area (Å²) in [6, 6.07) is 2.44. The van der Waals surface area contributed by atoms with E-state index in [9.17, 15) is 8.78 Å². The zero-order chi connectivity index (χ0) is 13.8. The van der Waals surface area contributed by atoms with Crippen molar-refractivity contribution in [2.75, 3.05) is 0 Å². The summed E-state index contributed by atoms with van der Waals surface area (Å²) in [6.07, 6.45) is 3.06. The van der Waals surface area contributed by atoms with Crippen molar-refractivity contribution in [3.05, 3.63) is 29.1 Å². The van der Waals surface area contributed by atoms with Gasteiger partial charge in [-0.05, 0) is 37.8 Å². The molecule has 3 atom stereocenters. The lowest BCUT2D eigenvalue weighted by molar-refractivity contribution is 0.0462. The van der Waals surface area contributed by atoms with Crippen LogP contribution in [0.25, 0.3) is 0 Å². The first-order valence-corrected chi connectivity index (χ1v) is 7.15. The van der Waals surface area contributed by atoms with Gasteiger partial charge in [-0.2, -0.15) is 5.10 Å². The lowest BCUT2D eigenvalue weighted by Crippen LogP contribution is -2.13. The van der Waals surface area contributed by atoms with Gasteiger partial charge in [-0.1, -0.05) is 19.4 Å². The highest BCUT2D eigenvalue weighted by molar-refractivity contribution is 5.48. The van der Waals surface area contributed by atoms with E-state index in [2.05, 4.69) is 36.6 Å². The minimum Gasteiger partial charge on any atom is -0.266 e. The van der Waals surface area contributed by atoms with Crippen LogP contribution in [-0.4, -0.2) is 15.7 Å². The normalized spacial score (nSPS) is 29.0. The molecule has 0 spiro atoms. The number of hydrogen-bond acceptors (Lipinski definition) is 1. The quantitative estimate of drug-likeness (QED) is 0.750. The predicted molar refractivity (Wildman–Crippen MR) is 70.5 cm³/mol. The van der Waals surface area contributed by atoms with Gasteiger partial charge in [-0.15, -0.1) is 0 Å². The molecule has 2 aliphatic carbocycles. The third-order valence-corrected chi connectivity index (χ3v) is 4.45. The first-order chi connectivity index (χ1) is 8.96. The van der Waals surface area contributed by atoms with E-state index in [0.717, 1.165) is 29.8 Å². The molecule has 19 heavy (non-hydrogen) atoms. The standard InChI is InChI=1S/C15H20F2N2/c1-4-9(3)19-13(6-10(5-2)18-19)14-11-7-15(16,17)8-12(11)14/h6-7,9,12,14H,4-5,8H2,1-3H3. The summed E-state index contributed by atoms with van der Waals surface area (Å²) >= 11 is 0. The first-order valence-electron chi connectivity index (χ1n) is 7.15. The lowest BCUT2D eigenvalue weighted by Gasteiger charge is -2.15. The number of aromatic nitrogens is 2. The van der Waals surface area contributed by atoms with Crippen molar-refractivity contribution in [2.24, 2.45) is 5.92 Å². The van der Waals surface area contributed by atoms with Crippen LogP contribution < -0.4 is 0 Å². The van der Waals surface area contributed by atoms with E-state index < -0.39 is 5.92 Å². The number of alkyl halides is 2. The van der Waals surface area contributed by atoms with E-state index in [-0.39, 0.29) is 18.3 Å². The molecule has 0 saturated heterocycles. The molecule has 1 saturated carbocycles. The highest BCUT2D eigenvalue weighted by atomic mass is 19.3. The molecule has 4 heteroatoms. The van der Waals surface area contributed by atoms with Crippen molar-refractivity contribution in [3.8, 4) is 0 Å². The van der Waals surface area contributed by atoms with Crippen molar-refractivity contribution in [2.45, 2.75) is 57.9 Å². The molecule has 1 fully saturated rings. The average Bonchev–Trinajstić information content (AvgIpc) is 2.78. The maximum atomic E-state index is 13.2. The van der Waals surface area contributed by atoms with Crippen LogP contribution in [0.3, 0.4) is 0 Å². The molecule has 0 aliphatic heterocycles. The molecular formula is C15H20F2N2. The molecule has 1 heterocycles. The van der Waals surface area contributed by atoms with E-state index in [4.69, 9.17) is 0 Å². The number of fused-ring (bicyclic) bond motifs is 1. The fourth-order valence-electron chi connectivity index (χ4n) is 3.14. The third kappa shape index (κ3) is 2.01. The summed E-state index contributed by atoms with van der Waals surface area (Å²) in [4.78, 5) is 0. The summed E-state index contributed by atoms with van der Waals surface area (Å²) in [7, 11) is 0. The van der Waals surface area contributed by atoms with Gasteiger partial charge in [0.15, 0.2) is 0 Å². The fourth-order valence-corrected chi connectivity index (χ4v) is 3.14. The molecule has 2 nitrogen and oxygen atoms in total. The van der Waals surface area contributed by atoms with Gasteiger partial charge in [0.05, 0.1) is 5.69 Å². The van der Waals surface area contributed by atoms with Gasteiger partial charge in [0.1, 0.15) is 0 Å². The van der Waals surface area contributed by atoms with E-state index in [1.165, 1.54) is 6.08 Å². The number of halogens is 2. The van der Waals surface area contributed by atoms with Crippen LogP contribution in [0.5, 0.6) is 0 Å². The van der Waals surface area contributed by atoms with Crippen molar-refractivity contribution < 1.29 is 8.78 Å². The van der Waals surface area contributed by atoms with Gasteiger partial charge in [0.2, 0.25) is 0 Å². The molecule has 0 bridgehead atoms. The monoisotopic (exact) mass is 266 g/mol. The Morgan fingerprint density at radius 2 is 2.21 bits per heavy atom. The van der Waals surface area contributed by atoms with Crippen LogP contribution in [0.4, 0.5) is 8.78 Å². The minimum absolute atomic E-state index is 0.0137. The minimum atomic E-state index is -2.58. The Hall–Kier alpha value is -1.19. The Kier molecular flexibility index (Phi) is 2.80. The van der Waals surface area contributed by atoms with Gasteiger partial charge < -0.3 is 0 Å². The van der Waals surface area contributed by atoms with Crippen LogP contribution >= 0.6 is 0 Å². The van der Waals surface area contributed by atoms with Gasteiger partial charge in [-0.3, -0.25) is 4.68 Å². The van der Waals surface area contributed by atoms with E-state index >= 15 is 0 Å². The lowest BCUT2D eigenvalue weighted by atomic mass is 10.1. The number of hydrogen-bond donors (Lipinski definition) is 0.